The Morgan fingerprint density at radius 2 is 2.24 bits per heavy atom. The summed E-state index contributed by atoms with van der Waals surface area (Å²) < 4.78 is 0. The highest BCUT2D eigenvalue weighted by atomic mass is 16.3. The molecule has 3 unspecified atom stereocenters. The van der Waals surface area contributed by atoms with E-state index in [2.05, 4.69) is 10.6 Å². The lowest BCUT2D eigenvalue weighted by molar-refractivity contribution is -0.121. The second kappa shape index (κ2) is 6.36. The third kappa shape index (κ3) is 3.96. The average molecular weight is 240 g/mol. The van der Waals surface area contributed by atoms with Gasteiger partial charge in [-0.25, -0.2) is 0 Å². The van der Waals surface area contributed by atoms with Gasteiger partial charge in [0.2, 0.25) is 5.91 Å². The van der Waals surface area contributed by atoms with Crippen molar-refractivity contribution in [2.45, 2.75) is 44.6 Å². The van der Waals surface area contributed by atoms with E-state index in [1.165, 1.54) is 6.42 Å². The molecule has 2 rings (SSSR count). The van der Waals surface area contributed by atoms with E-state index >= 15 is 0 Å². The highest BCUT2D eigenvalue weighted by molar-refractivity contribution is 5.75. The molecular weight excluding hydrogens is 216 g/mol. The fourth-order valence-electron chi connectivity index (χ4n) is 2.88. The van der Waals surface area contributed by atoms with Gasteiger partial charge in [-0.05, 0) is 44.7 Å². The number of rotatable bonds is 5. The van der Waals surface area contributed by atoms with Crippen LogP contribution in [0.1, 0.15) is 38.5 Å². The lowest BCUT2D eigenvalue weighted by Gasteiger charge is -2.15. The zero-order chi connectivity index (χ0) is 12.1. The van der Waals surface area contributed by atoms with Crippen LogP contribution in [0.15, 0.2) is 0 Å². The summed E-state index contributed by atoms with van der Waals surface area (Å²) in [6.07, 6.45) is 5.67. The van der Waals surface area contributed by atoms with Crippen molar-refractivity contribution in [1.29, 1.82) is 0 Å². The Hall–Kier alpha value is -0.610. The number of aliphatic hydroxyl groups excluding tert-OH is 1. The second-order valence-corrected chi connectivity index (χ2v) is 5.46. The van der Waals surface area contributed by atoms with Gasteiger partial charge in [-0.2, -0.15) is 0 Å². The molecule has 4 heteroatoms. The molecule has 0 spiro atoms. The average Bonchev–Trinajstić information content (AvgIpc) is 2.95. The van der Waals surface area contributed by atoms with Gasteiger partial charge in [0.25, 0.3) is 0 Å². The number of hydrogen-bond acceptors (Lipinski definition) is 3. The second-order valence-electron chi connectivity index (χ2n) is 5.46. The first-order chi connectivity index (χ1) is 8.25. The predicted octanol–water partition coefficient (Wildman–Crippen LogP) is 0.653. The summed E-state index contributed by atoms with van der Waals surface area (Å²) in [7, 11) is 0. The van der Waals surface area contributed by atoms with Crippen LogP contribution in [0.3, 0.4) is 0 Å². The van der Waals surface area contributed by atoms with Gasteiger partial charge < -0.3 is 15.7 Å². The quantitative estimate of drug-likeness (QED) is 0.661. The zero-order valence-corrected chi connectivity index (χ0v) is 10.5. The van der Waals surface area contributed by atoms with Gasteiger partial charge in [0.1, 0.15) is 0 Å². The van der Waals surface area contributed by atoms with Gasteiger partial charge >= 0.3 is 0 Å². The monoisotopic (exact) mass is 240 g/mol. The molecule has 3 N–H and O–H groups in total. The van der Waals surface area contributed by atoms with Crippen LogP contribution in [-0.2, 0) is 4.79 Å². The van der Waals surface area contributed by atoms with Crippen molar-refractivity contribution in [2.24, 2.45) is 11.8 Å². The third-order valence-corrected chi connectivity index (χ3v) is 4.12. The van der Waals surface area contributed by atoms with Crippen molar-refractivity contribution >= 4 is 5.91 Å². The summed E-state index contributed by atoms with van der Waals surface area (Å²) in [4.78, 5) is 11.6. The summed E-state index contributed by atoms with van der Waals surface area (Å²) in [6.45, 7) is 2.82. The summed E-state index contributed by atoms with van der Waals surface area (Å²) in [6, 6.07) is 0. The smallest absolute Gasteiger partial charge is 0.220 e. The molecule has 98 valence electrons. The van der Waals surface area contributed by atoms with Gasteiger partial charge in [0.05, 0.1) is 6.10 Å². The van der Waals surface area contributed by atoms with Crippen molar-refractivity contribution in [2.75, 3.05) is 19.6 Å². The molecule has 1 aliphatic carbocycles. The molecule has 0 aromatic heterocycles. The van der Waals surface area contributed by atoms with E-state index in [1.807, 2.05) is 0 Å². The molecular formula is C13H24N2O2. The maximum atomic E-state index is 11.6. The lowest BCUT2D eigenvalue weighted by atomic mass is 10.0. The maximum Gasteiger partial charge on any atom is 0.220 e. The highest BCUT2D eigenvalue weighted by Gasteiger charge is 2.25. The topological polar surface area (TPSA) is 61.4 Å². The van der Waals surface area contributed by atoms with Crippen LogP contribution in [0.5, 0.6) is 0 Å². The predicted molar refractivity (Wildman–Crippen MR) is 66.6 cm³/mol. The van der Waals surface area contributed by atoms with Gasteiger partial charge in [-0.15, -0.1) is 0 Å². The van der Waals surface area contributed by atoms with Crippen LogP contribution in [-0.4, -0.2) is 36.8 Å². The minimum absolute atomic E-state index is 0.149. The van der Waals surface area contributed by atoms with Crippen LogP contribution in [0.4, 0.5) is 0 Å². The molecule has 0 aromatic rings. The standard InChI is InChI=1S/C13H24N2O2/c16-12-3-1-2-11(12)9-15-13(17)5-4-10-6-7-14-8-10/h10-12,14,16H,1-9H2,(H,15,17). The van der Waals surface area contributed by atoms with Gasteiger partial charge in [0.15, 0.2) is 0 Å². The van der Waals surface area contributed by atoms with E-state index in [0.717, 1.165) is 38.8 Å². The van der Waals surface area contributed by atoms with E-state index in [-0.39, 0.29) is 17.9 Å². The SMILES string of the molecule is O=C(CCC1CCNC1)NCC1CCCC1O. The highest BCUT2D eigenvalue weighted by Crippen LogP contribution is 2.24. The molecule has 3 atom stereocenters. The molecule has 1 aliphatic heterocycles. The van der Waals surface area contributed by atoms with Crippen LogP contribution < -0.4 is 10.6 Å². The Morgan fingerprint density at radius 1 is 1.35 bits per heavy atom. The summed E-state index contributed by atoms with van der Waals surface area (Å²) in [5.41, 5.74) is 0. The number of amides is 1. The molecule has 2 fully saturated rings. The number of carbonyl (C=O) groups is 1. The minimum Gasteiger partial charge on any atom is -0.393 e. The fourth-order valence-corrected chi connectivity index (χ4v) is 2.88. The molecule has 0 aromatic carbocycles. The van der Waals surface area contributed by atoms with Gasteiger partial charge in [-0.3, -0.25) is 4.79 Å². The Morgan fingerprint density at radius 3 is 2.88 bits per heavy atom. The van der Waals surface area contributed by atoms with E-state index in [4.69, 9.17) is 0 Å². The van der Waals surface area contributed by atoms with Crippen LogP contribution in [0, 0.1) is 11.8 Å². The van der Waals surface area contributed by atoms with E-state index in [1.54, 1.807) is 0 Å². The van der Waals surface area contributed by atoms with Crippen LogP contribution in [0.25, 0.3) is 0 Å². The first kappa shape index (κ1) is 12.8. The van der Waals surface area contributed by atoms with Crippen molar-refractivity contribution in [3.8, 4) is 0 Å². The molecule has 1 heterocycles. The molecule has 4 nitrogen and oxygen atoms in total. The van der Waals surface area contributed by atoms with E-state index in [0.29, 0.717) is 18.9 Å². The van der Waals surface area contributed by atoms with Gasteiger partial charge in [-0.1, -0.05) is 6.42 Å². The molecule has 17 heavy (non-hydrogen) atoms. The number of hydrogen-bond donors (Lipinski definition) is 3. The van der Waals surface area contributed by atoms with Crippen LogP contribution >= 0.6 is 0 Å². The van der Waals surface area contributed by atoms with Gasteiger partial charge in [0, 0.05) is 18.9 Å². The zero-order valence-electron chi connectivity index (χ0n) is 10.5. The van der Waals surface area contributed by atoms with Crippen molar-refractivity contribution in [3.63, 3.8) is 0 Å². The Kier molecular flexibility index (Phi) is 4.80. The van der Waals surface area contributed by atoms with Crippen LogP contribution in [0.2, 0.25) is 0 Å². The largest absolute Gasteiger partial charge is 0.393 e. The van der Waals surface area contributed by atoms with Crippen molar-refractivity contribution in [1.82, 2.24) is 10.6 Å². The molecule has 1 saturated heterocycles. The minimum atomic E-state index is -0.200. The molecule has 0 bridgehead atoms. The summed E-state index contributed by atoms with van der Waals surface area (Å²) in [5.74, 6) is 1.11. The number of nitrogens with one attached hydrogen (secondary N) is 2. The fraction of sp³-hybridized carbons (Fsp3) is 0.923. The van der Waals surface area contributed by atoms with Crippen molar-refractivity contribution in [3.05, 3.63) is 0 Å². The Balaban J connectivity index is 1.57. The molecule has 0 radical (unpaired) electrons. The Labute approximate surface area is 103 Å². The van der Waals surface area contributed by atoms with E-state index in [9.17, 15) is 9.90 Å². The normalized spacial score (nSPS) is 32.9. The molecule has 1 saturated carbocycles. The summed E-state index contributed by atoms with van der Waals surface area (Å²) in [5, 5.41) is 15.9. The number of carbonyl (C=O) groups excluding carboxylic acids is 1. The first-order valence-electron chi connectivity index (χ1n) is 6.91. The first-order valence-corrected chi connectivity index (χ1v) is 6.91. The number of aliphatic hydroxyl groups is 1. The van der Waals surface area contributed by atoms with E-state index < -0.39 is 0 Å². The van der Waals surface area contributed by atoms with Crippen molar-refractivity contribution < 1.29 is 9.90 Å². The lowest BCUT2D eigenvalue weighted by Crippen LogP contribution is -2.32. The molecule has 2 aliphatic rings. The third-order valence-electron chi connectivity index (χ3n) is 4.12. The Bertz CT molecular complexity index is 252. The maximum absolute atomic E-state index is 11.6. The summed E-state index contributed by atoms with van der Waals surface area (Å²) >= 11 is 0. The molecule has 1 amide bonds.